The second-order valence-electron chi connectivity index (χ2n) is 2.00. The number of anilines is 1. The van der Waals surface area contributed by atoms with Gasteiger partial charge in [-0.05, 0) is 22.0 Å². The third-order valence-electron chi connectivity index (χ3n) is 1.26. The van der Waals surface area contributed by atoms with E-state index < -0.39 is 0 Å². The van der Waals surface area contributed by atoms with Crippen LogP contribution in [0.15, 0.2) is 16.7 Å². The molecule has 2 heterocycles. The van der Waals surface area contributed by atoms with Gasteiger partial charge < -0.3 is 5.73 Å². The maximum Gasteiger partial charge on any atom is 0.182 e. The molecule has 0 aliphatic rings. The lowest BCUT2D eigenvalue weighted by Crippen LogP contribution is -1.79. The topological polar surface area (TPSA) is 51.8 Å². The fourth-order valence-corrected chi connectivity index (χ4v) is 2.05. The van der Waals surface area contributed by atoms with Gasteiger partial charge in [0.1, 0.15) is 10.3 Å². The number of thiazole rings is 1. The average molecular weight is 230 g/mol. The van der Waals surface area contributed by atoms with Crippen molar-refractivity contribution in [2.45, 2.75) is 0 Å². The Morgan fingerprint density at radius 3 is 3.09 bits per heavy atom. The van der Waals surface area contributed by atoms with Crippen LogP contribution in [0.5, 0.6) is 0 Å². The maximum atomic E-state index is 5.51. The van der Waals surface area contributed by atoms with E-state index in [9.17, 15) is 0 Å². The molecule has 0 radical (unpaired) electrons. The Balaban J connectivity index is 2.90. The Kier molecular flexibility index (Phi) is 1.54. The highest BCUT2D eigenvalue weighted by Gasteiger charge is 2.03. The Labute approximate surface area is 75.4 Å². The molecule has 2 rings (SSSR count). The fraction of sp³-hybridized carbons (Fsp3) is 0. The van der Waals surface area contributed by atoms with Crippen LogP contribution < -0.4 is 5.73 Å². The summed E-state index contributed by atoms with van der Waals surface area (Å²) in [5.74, 6) is 0. The van der Waals surface area contributed by atoms with E-state index in [0.717, 1.165) is 14.8 Å². The summed E-state index contributed by atoms with van der Waals surface area (Å²) >= 11 is 4.75. The monoisotopic (exact) mass is 229 g/mol. The van der Waals surface area contributed by atoms with Crippen molar-refractivity contribution >= 4 is 42.7 Å². The van der Waals surface area contributed by atoms with E-state index in [0.29, 0.717) is 5.13 Å². The van der Waals surface area contributed by atoms with Crippen LogP contribution in [0.3, 0.4) is 0 Å². The van der Waals surface area contributed by atoms with E-state index >= 15 is 0 Å². The summed E-state index contributed by atoms with van der Waals surface area (Å²) in [6, 6.07) is 1.85. The standard InChI is InChI=1S/C6H4BrN3S/c7-3-1-2-9-5-4(3)10-6(8)11-5/h1-2H,(H2,8,10). The summed E-state index contributed by atoms with van der Waals surface area (Å²) in [6.45, 7) is 0. The summed E-state index contributed by atoms with van der Waals surface area (Å²) in [5.41, 5.74) is 6.35. The first-order valence-electron chi connectivity index (χ1n) is 2.94. The van der Waals surface area contributed by atoms with Crippen molar-refractivity contribution in [2.75, 3.05) is 5.73 Å². The number of nitrogens with two attached hydrogens (primary N) is 1. The molecule has 0 saturated heterocycles. The lowest BCUT2D eigenvalue weighted by molar-refractivity contribution is 1.39. The third-order valence-corrected chi connectivity index (χ3v) is 2.70. The number of rotatable bonds is 0. The Morgan fingerprint density at radius 1 is 1.55 bits per heavy atom. The maximum absolute atomic E-state index is 5.51. The molecule has 2 aromatic rings. The molecule has 0 bridgehead atoms. The van der Waals surface area contributed by atoms with Crippen molar-refractivity contribution in [3.63, 3.8) is 0 Å². The number of aromatic nitrogens is 2. The van der Waals surface area contributed by atoms with E-state index in [4.69, 9.17) is 5.73 Å². The van der Waals surface area contributed by atoms with E-state index in [1.165, 1.54) is 11.3 Å². The van der Waals surface area contributed by atoms with Crippen LogP contribution in [-0.2, 0) is 0 Å². The molecule has 11 heavy (non-hydrogen) atoms. The molecule has 0 unspecified atom stereocenters. The van der Waals surface area contributed by atoms with Gasteiger partial charge in [0.05, 0.1) is 0 Å². The highest BCUT2D eigenvalue weighted by atomic mass is 79.9. The van der Waals surface area contributed by atoms with E-state index in [-0.39, 0.29) is 0 Å². The van der Waals surface area contributed by atoms with Gasteiger partial charge >= 0.3 is 0 Å². The molecule has 0 aliphatic heterocycles. The Bertz CT molecular complexity index is 398. The predicted molar refractivity (Wildman–Crippen MR) is 49.5 cm³/mol. The van der Waals surface area contributed by atoms with Crippen molar-refractivity contribution in [1.82, 2.24) is 9.97 Å². The van der Waals surface area contributed by atoms with Crippen LogP contribution in [0.4, 0.5) is 5.13 Å². The van der Waals surface area contributed by atoms with Gasteiger partial charge in [-0.2, -0.15) is 0 Å². The number of hydrogen-bond acceptors (Lipinski definition) is 4. The molecule has 5 heteroatoms. The molecule has 3 nitrogen and oxygen atoms in total. The second kappa shape index (κ2) is 2.42. The van der Waals surface area contributed by atoms with Crippen LogP contribution in [0.1, 0.15) is 0 Å². The molecule has 0 amide bonds. The summed E-state index contributed by atoms with van der Waals surface area (Å²) < 4.78 is 0.940. The summed E-state index contributed by atoms with van der Waals surface area (Å²) in [6.07, 6.45) is 1.73. The third kappa shape index (κ3) is 1.10. The Morgan fingerprint density at radius 2 is 2.36 bits per heavy atom. The highest BCUT2D eigenvalue weighted by Crippen LogP contribution is 2.26. The van der Waals surface area contributed by atoms with Crippen molar-refractivity contribution in [3.8, 4) is 0 Å². The lowest BCUT2D eigenvalue weighted by Gasteiger charge is -1.87. The molecule has 0 fully saturated rings. The smallest absolute Gasteiger partial charge is 0.182 e. The van der Waals surface area contributed by atoms with Gasteiger partial charge in [0, 0.05) is 10.7 Å². The molecule has 0 atom stereocenters. The minimum absolute atomic E-state index is 0.555. The van der Waals surface area contributed by atoms with Gasteiger partial charge in [-0.15, -0.1) is 0 Å². The number of fused-ring (bicyclic) bond motifs is 1. The van der Waals surface area contributed by atoms with E-state index in [2.05, 4.69) is 25.9 Å². The van der Waals surface area contributed by atoms with Gasteiger partial charge in [0.2, 0.25) is 0 Å². The summed E-state index contributed by atoms with van der Waals surface area (Å²) in [7, 11) is 0. The molecule has 0 aliphatic carbocycles. The zero-order chi connectivity index (χ0) is 7.84. The van der Waals surface area contributed by atoms with Crippen LogP contribution in [0.25, 0.3) is 10.3 Å². The molecule has 0 spiro atoms. The largest absolute Gasteiger partial charge is 0.375 e. The van der Waals surface area contributed by atoms with Gasteiger partial charge in [-0.1, -0.05) is 11.3 Å². The van der Waals surface area contributed by atoms with Crippen LogP contribution in [0, 0.1) is 0 Å². The molecular weight excluding hydrogens is 226 g/mol. The van der Waals surface area contributed by atoms with Gasteiger partial charge in [0.25, 0.3) is 0 Å². The lowest BCUT2D eigenvalue weighted by atomic mass is 10.5. The van der Waals surface area contributed by atoms with E-state index in [1.54, 1.807) is 6.20 Å². The normalized spacial score (nSPS) is 10.6. The van der Waals surface area contributed by atoms with Gasteiger partial charge in [-0.25, -0.2) is 9.97 Å². The van der Waals surface area contributed by atoms with Crippen molar-refractivity contribution in [2.24, 2.45) is 0 Å². The Hall–Kier alpha value is -0.680. The number of nitrogen functional groups attached to an aromatic ring is 1. The van der Waals surface area contributed by atoms with Crippen LogP contribution >= 0.6 is 27.3 Å². The number of pyridine rings is 1. The van der Waals surface area contributed by atoms with Crippen LogP contribution in [0.2, 0.25) is 0 Å². The van der Waals surface area contributed by atoms with Gasteiger partial charge in [-0.3, -0.25) is 0 Å². The average Bonchev–Trinajstić information content (AvgIpc) is 2.31. The van der Waals surface area contributed by atoms with Crippen molar-refractivity contribution in [3.05, 3.63) is 16.7 Å². The first kappa shape index (κ1) is 7.00. The molecule has 0 saturated carbocycles. The zero-order valence-corrected chi connectivity index (χ0v) is 7.82. The molecule has 0 aromatic carbocycles. The zero-order valence-electron chi connectivity index (χ0n) is 5.41. The number of nitrogens with zero attached hydrogens (tertiary/aromatic N) is 2. The first-order valence-corrected chi connectivity index (χ1v) is 4.55. The minimum atomic E-state index is 0.555. The number of hydrogen-bond donors (Lipinski definition) is 1. The summed E-state index contributed by atoms with van der Waals surface area (Å²) in [5, 5.41) is 0.555. The SMILES string of the molecule is Nc1nc2c(Br)ccnc2s1. The van der Waals surface area contributed by atoms with Gasteiger partial charge in [0.15, 0.2) is 5.13 Å². The second-order valence-corrected chi connectivity index (χ2v) is 3.86. The first-order chi connectivity index (χ1) is 5.27. The highest BCUT2D eigenvalue weighted by molar-refractivity contribution is 9.10. The van der Waals surface area contributed by atoms with Crippen LogP contribution in [-0.4, -0.2) is 9.97 Å². The molecule has 2 aromatic heterocycles. The molecular formula is C6H4BrN3S. The molecule has 2 N–H and O–H groups in total. The quantitative estimate of drug-likeness (QED) is 0.753. The predicted octanol–water partition coefficient (Wildman–Crippen LogP) is 2.04. The fourth-order valence-electron chi connectivity index (χ4n) is 0.821. The summed E-state index contributed by atoms with van der Waals surface area (Å²) in [4.78, 5) is 9.08. The van der Waals surface area contributed by atoms with E-state index in [1.807, 2.05) is 6.07 Å². The van der Waals surface area contributed by atoms with Crippen molar-refractivity contribution in [1.29, 1.82) is 0 Å². The molecule has 56 valence electrons. The minimum Gasteiger partial charge on any atom is -0.375 e. The van der Waals surface area contributed by atoms with Crippen molar-refractivity contribution < 1.29 is 0 Å². The number of halogens is 1.